The monoisotopic (exact) mass is 510 g/mol. The molecule has 0 heterocycles. The van der Waals surface area contributed by atoms with Crippen LogP contribution in [0, 0.1) is 0 Å². The van der Waals surface area contributed by atoms with Crippen molar-refractivity contribution in [2.24, 2.45) is 0 Å². The summed E-state index contributed by atoms with van der Waals surface area (Å²) in [5.41, 5.74) is 12.9. The molecule has 0 nitrogen and oxygen atoms in total. The molecule has 0 saturated heterocycles. The fraction of sp³-hybridized carbons (Fsp3) is 0. The maximum Gasteiger partial charge on any atom is -0.00268 e. The van der Waals surface area contributed by atoms with Crippen molar-refractivity contribution in [2.45, 2.75) is 0 Å². The smallest absolute Gasteiger partial charge is 0.00268 e. The van der Waals surface area contributed by atoms with Gasteiger partial charge in [0.2, 0.25) is 0 Å². The maximum absolute atomic E-state index is 4.32. The summed E-state index contributed by atoms with van der Waals surface area (Å²) in [5, 5.41) is 0. The van der Waals surface area contributed by atoms with Crippen molar-refractivity contribution in [3.8, 4) is 11.1 Å². The van der Waals surface area contributed by atoms with Gasteiger partial charge in [-0.2, -0.15) is 0 Å². The van der Waals surface area contributed by atoms with E-state index in [4.69, 9.17) is 0 Å². The minimum atomic E-state index is 1.04. The van der Waals surface area contributed by atoms with Gasteiger partial charge in [-0.3, -0.25) is 0 Å². The van der Waals surface area contributed by atoms with Gasteiger partial charge in [-0.15, -0.1) is 0 Å². The Bertz CT molecular complexity index is 1680. The fourth-order valence-electron chi connectivity index (χ4n) is 5.22. The highest BCUT2D eigenvalue weighted by Gasteiger charge is 2.16. The molecule has 0 heteroatoms. The molecule has 6 aromatic rings. The first-order valence-electron chi connectivity index (χ1n) is 13.6. The van der Waals surface area contributed by atoms with Crippen LogP contribution in [0.1, 0.15) is 33.4 Å². The summed E-state index contributed by atoms with van der Waals surface area (Å²) < 4.78 is 0. The summed E-state index contributed by atoms with van der Waals surface area (Å²) in [6.45, 7) is 4.32. The van der Waals surface area contributed by atoms with Crippen LogP contribution in [-0.2, 0) is 0 Å². The summed E-state index contributed by atoms with van der Waals surface area (Å²) in [6, 6.07) is 60.1. The van der Waals surface area contributed by atoms with Gasteiger partial charge in [-0.05, 0) is 61.2 Å². The molecule has 0 unspecified atom stereocenters. The summed E-state index contributed by atoms with van der Waals surface area (Å²) in [4.78, 5) is 0. The van der Waals surface area contributed by atoms with Crippen LogP contribution >= 0.6 is 0 Å². The third kappa shape index (κ3) is 5.34. The first-order valence-corrected chi connectivity index (χ1v) is 13.6. The molecule has 0 aliphatic carbocycles. The zero-order valence-corrected chi connectivity index (χ0v) is 22.4. The van der Waals surface area contributed by atoms with Crippen LogP contribution < -0.4 is 0 Å². The first kappa shape index (κ1) is 25.1. The van der Waals surface area contributed by atoms with Crippen LogP contribution in [0.4, 0.5) is 0 Å². The van der Waals surface area contributed by atoms with Gasteiger partial charge in [0.15, 0.2) is 0 Å². The molecule has 0 spiro atoms. The van der Waals surface area contributed by atoms with Crippen molar-refractivity contribution in [2.75, 3.05) is 0 Å². The molecule has 6 rings (SSSR count). The molecule has 0 aliphatic heterocycles. The number of hydrogen-bond acceptors (Lipinski definition) is 0. The predicted molar refractivity (Wildman–Crippen MR) is 171 cm³/mol. The van der Waals surface area contributed by atoms with Gasteiger partial charge in [-0.1, -0.05) is 176 Å². The Labute approximate surface area is 237 Å². The molecule has 0 aliphatic rings. The van der Waals surface area contributed by atoms with Crippen LogP contribution in [-0.4, -0.2) is 0 Å². The Kier molecular flexibility index (Phi) is 7.33. The standard InChI is InChI=1S/C40H30/c1-30(31-14-6-2-7-15-31)32-22-24-33(25-23-32)34-26-28-38(29-27-34)40(37-20-12-5-13-21-37)39(35-16-8-3-9-17-35)36-18-10-4-11-19-36/h2-29H,1H2. The molecule has 0 fully saturated rings. The van der Waals surface area contributed by atoms with E-state index in [0.717, 1.165) is 16.7 Å². The molecule has 0 aromatic heterocycles. The van der Waals surface area contributed by atoms with E-state index in [-0.39, 0.29) is 0 Å². The molecule has 0 radical (unpaired) electrons. The highest BCUT2D eigenvalue weighted by molar-refractivity contribution is 6.04. The minimum absolute atomic E-state index is 1.04. The van der Waals surface area contributed by atoms with Gasteiger partial charge >= 0.3 is 0 Å². The molecular formula is C40H30. The topological polar surface area (TPSA) is 0 Å². The van der Waals surface area contributed by atoms with E-state index in [0.29, 0.717) is 0 Å². The van der Waals surface area contributed by atoms with Gasteiger partial charge in [-0.25, -0.2) is 0 Å². The molecule has 0 amide bonds. The molecule has 0 bridgehead atoms. The summed E-state index contributed by atoms with van der Waals surface area (Å²) >= 11 is 0. The Balaban J connectivity index is 1.42. The molecule has 0 atom stereocenters. The molecule has 40 heavy (non-hydrogen) atoms. The highest BCUT2D eigenvalue weighted by Crippen LogP contribution is 2.37. The Morgan fingerprint density at radius 3 is 0.875 bits per heavy atom. The summed E-state index contributed by atoms with van der Waals surface area (Å²) in [6.07, 6.45) is 0. The zero-order valence-electron chi connectivity index (χ0n) is 22.4. The van der Waals surface area contributed by atoms with E-state index in [2.05, 4.69) is 170 Å². The summed E-state index contributed by atoms with van der Waals surface area (Å²) in [7, 11) is 0. The highest BCUT2D eigenvalue weighted by atomic mass is 14.2. The average Bonchev–Trinajstić information content (AvgIpc) is 3.05. The SMILES string of the molecule is C=C(c1ccccc1)c1ccc(-c2ccc(C(=C(c3ccccc3)c3ccccc3)c3ccccc3)cc2)cc1. The summed E-state index contributed by atoms with van der Waals surface area (Å²) in [5.74, 6) is 0. The lowest BCUT2D eigenvalue weighted by Crippen LogP contribution is -1.97. The van der Waals surface area contributed by atoms with Crippen molar-refractivity contribution in [1.29, 1.82) is 0 Å². The van der Waals surface area contributed by atoms with Gasteiger partial charge < -0.3 is 0 Å². The normalized spacial score (nSPS) is 10.6. The van der Waals surface area contributed by atoms with E-state index in [9.17, 15) is 0 Å². The van der Waals surface area contributed by atoms with Gasteiger partial charge in [0.25, 0.3) is 0 Å². The maximum atomic E-state index is 4.32. The van der Waals surface area contributed by atoms with Gasteiger partial charge in [0, 0.05) is 0 Å². The van der Waals surface area contributed by atoms with Crippen molar-refractivity contribution < 1.29 is 0 Å². The second-order valence-electron chi connectivity index (χ2n) is 9.85. The molecule has 0 N–H and O–H groups in total. The van der Waals surface area contributed by atoms with Crippen molar-refractivity contribution in [3.63, 3.8) is 0 Å². The third-order valence-corrected chi connectivity index (χ3v) is 7.30. The number of rotatable bonds is 7. The largest absolute Gasteiger partial charge is 0.0906 e. The van der Waals surface area contributed by atoms with Crippen LogP contribution in [0.5, 0.6) is 0 Å². The van der Waals surface area contributed by atoms with Gasteiger partial charge in [0.05, 0.1) is 0 Å². The Morgan fingerprint density at radius 2 is 0.525 bits per heavy atom. The molecule has 0 saturated carbocycles. The molecule has 6 aromatic carbocycles. The van der Waals surface area contributed by atoms with E-state index >= 15 is 0 Å². The van der Waals surface area contributed by atoms with E-state index in [1.54, 1.807) is 0 Å². The van der Waals surface area contributed by atoms with E-state index in [1.807, 2.05) is 6.07 Å². The third-order valence-electron chi connectivity index (χ3n) is 7.30. The fourth-order valence-corrected chi connectivity index (χ4v) is 5.22. The Hall–Kier alpha value is -5.20. The van der Waals surface area contributed by atoms with Crippen LogP contribution in [0.2, 0.25) is 0 Å². The first-order chi connectivity index (χ1) is 19.8. The minimum Gasteiger partial charge on any atom is -0.0906 e. The quantitative estimate of drug-likeness (QED) is 0.187. The lowest BCUT2D eigenvalue weighted by Gasteiger charge is -2.18. The lowest BCUT2D eigenvalue weighted by molar-refractivity contribution is 1.49. The lowest BCUT2D eigenvalue weighted by atomic mass is 9.85. The van der Waals surface area contributed by atoms with Crippen LogP contribution in [0.25, 0.3) is 27.8 Å². The van der Waals surface area contributed by atoms with Gasteiger partial charge in [0.1, 0.15) is 0 Å². The molecular weight excluding hydrogens is 480 g/mol. The molecule has 190 valence electrons. The number of benzene rings is 6. The zero-order chi connectivity index (χ0) is 27.1. The van der Waals surface area contributed by atoms with E-state index < -0.39 is 0 Å². The van der Waals surface area contributed by atoms with Crippen LogP contribution in [0.3, 0.4) is 0 Å². The second kappa shape index (κ2) is 11.7. The van der Waals surface area contributed by atoms with Crippen molar-refractivity contribution in [3.05, 3.63) is 210 Å². The van der Waals surface area contributed by atoms with Crippen molar-refractivity contribution in [1.82, 2.24) is 0 Å². The predicted octanol–water partition coefficient (Wildman–Crippen LogP) is 10.4. The second-order valence-corrected chi connectivity index (χ2v) is 9.85. The van der Waals surface area contributed by atoms with E-state index in [1.165, 1.54) is 44.5 Å². The Morgan fingerprint density at radius 1 is 0.275 bits per heavy atom. The average molecular weight is 511 g/mol. The number of hydrogen-bond donors (Lipinski definition) is 0. The van der Waals surface area contributed by atoms with Crippen LogP contribution in [0.15, 0.2) is 176 Å². The van der Waals surface area contributed by atoms with Crippen molar-refractivity contribution >= 4 is 16.7 Å².